The van der Waals surface area contributed by atoms with Gasteiger partial charge >= 0.3 is 16.1 Å². The summed E-state index contributed by atoms with van der Waals surface area (Å²) in [5.74, 6) is -1.41. The Bertz CT molecular complexity index is 708. The molecule has 0 atom stereocenters. The van der Waals surface area contributed by atoms with Crippen LogP contribution in [0, 0.1) is 0 Å². The quantitative estimate of drug-likeness (QED) is 0.293. The molecule has 0 saturated carbocycles. The lowest BCUT2D eigenvalue weighted by Gasteiger charge is -2.05. The number of carbonyl (C=O) groups is 1. The highest BCUT2D eigenvalue weighted by molar-refractivity contribution is 7.95. The zero-order valence-electron chi connectivity index (χ0n) is 9.25. The van der Waals surface area contributed by atoms with Crippen molar-refractivity contribution in [3.63, 3.8) is 0 Å². The van der Waals surface area contributed by atoms with Gasteiger partial charge in [-0.3, -0.25) is 9.35 Å². The Hall–Kier alpha value is -1.65. The van der Waals surface area contributed by atoms with Crippen molar-refractivity contribution >= 4 is 31.7 Å². The Morgan fingerprint density at radius 1 is 1.26 bits per heavy atom. The first kappa shape index (κ1) is 15.4. The standard InChI is InChI=1S/C8H8N2O7S2/c9-10-7-5-6(1-2-8(7)11)18(12,13)4-3-17-19(14,15)16/h1-2,5H,3-4H2,(H,14,15,16). The van der Waals surface area contributed by atoms with E-state index >= 15 is 0 Å². The molecule has 1 aliphatic rings. The molecule has 0 spiro atoms. The van der Waals surface area contributed by atoms with Crippen LogP contribution in [0.25, 0.3) is 5.53 Å². The molecule has 19 heavy (non-hydrogen) atoms. The zero-order valence-corrected chi connectivity index (χ0v) is 10.9. The van der Waals surface area contributed by atoms with Crippen LogP contribution in [-0.2, 0) is 29.2 Å². The van der Waals surface area contributed by atoms with Gasteiger partial charge in [-0.1, -0.05) is 0 Å². The van der Waals surface area contributed by atoms with E-state index in [1.807, 2.05) is 0 Å². The summed E-state index contributed by atoms with van der Waals surface area (Å²) in [6.07, 6.45) is 2.72. The van der Waals surface area contributed by atoms with Crippen LogP contribution in [0.1, 0.15) is 0 Å². The van der Waals surface area contributed by atoms with Crippen LogP contribution < -0.4 is 0 Å². The Morgan fingerprint density at radius 3 is 2.42 bits per heavy atom. The van der Waals surface area contributed by atoms with Crippen LogP contribution in [-0.4, -0.2) is 50.0 Å². The molecular weight excluding hydrogens is 300 g/mol. The van der Waals surface area contributed by atoms with Gasteiger partial charge in [0.15, 0.2) is 9.84 Å². The molecule has 1 N–H and O–H groups in total. The first-order chi connectivity index (χ1) is 8.65. The Balaban J connectivity index is 2.88. The molecule has 0 aromatic rings. The lowest BCUT2D eigenvalue weighted by molar-refractivity contribution is -0.112. The summed E-state index contributed by atoms with van der Waals surface area (Å²) >= 11 is 0. The van der Waals surface area contributed by atoms with Crippen LogP contribution in [0.5, 0.6) is 0 Å². The fraction of sp³-hybridized carbons (Fsp3) is 0.250. The molecule has 0 aliphatic heterocycles. The fourth-order valence-electron chi connectivity index (χ4n) is 1.14. The highest BCUT2D eigenvalue weighted by Gasteiger charge is 2.26. The maximum absolute atomic E-state index is 11.7. The highest BCUT2D eigenvalue weighted by atomic mass is 32.3. The topological polar surface area (TPSA) is 151 Å². The summed E-state index contributed by atoms with van der Waals surface area (Å²) in [6.45, 7) is -0.786. The number of allylic oxidation sites excluding steroid dienone is 3. The number of hydrogen-bond donors (Lipinski definition) is 1. The van der Waals surface area contributed by atoms with Gasteiger partial charge in [-0.15, -0.1) is 0 Å². The van der Waals surface area contributed by atoms with E-state index in [4.69, 9.17) is 10.1 Å². The number of hydrogen-bond acceptors (Lipinski definition) is 6. The molecule has 11 heteroatoms. The molecule has 0 bridgehead atoms. The molecule has 9 nitrogen and oxygen atoms in total. The molecule has 0 radical (unpaired) electrons. The van der Waals surface area contributed by atoms with Gasteiger partial charge in [-0.05, 0) is 12.2 Å². The van der Waals surface area contributed by atoms with Gasteiger partial charge in [0.1, 0.15) is 0 Å². The van der Waals surface area contributed by atoms with E-state index in [0.717, 1.165) is 18.2 Å². The summed E-state index contributed by atoms with van der Waals surface area (Å²) < 4.78 is 56.1. The third-order valence-corrected chi connectivity index (χ3v) is 4.12. The van der Waals surface area contributed by atoms with E-state index < -0.39 is 44.1 Å². The third kappa shape index (κ3) is 4.50. The van der Waals surface area contributed by atoms with Crippen LogP contribution in [0.2, 0.25) is 0 Å². The molecule has 0 unspecified atom stereocenters. The highest BCUT2D eigenvalue weighted by Crippen LogP contribution is 2.13. The van der Waals surface area contributed by atoms with E-state index in [9.17, 15) is 21.6 Å². The Morgan fingerprint density at radius 2 is 1.89 bits per heavy atom. The average Bonchev–Trinajstić information content (AvgIpc) is 2.27. The van der Waals surface area contributed by atoms with Gasteiger partial charge in [0.2, 0.25) is 0 Å². The van der Waals surface area contributed by atoms with Gasteiger partial charge in [0.05, 0.1) is 23.3 Å². The molecular formula is C8H8N2O7S2. The molecule has 0 saturated heterocycles. The SMILES string of the molecule is [N-]=[N+]=C1C=C(S(=O)(=O)CCOS(=O)(=O)O)C=CC1=O. The predicted molar refractivity (Wildman–Crippen MR) is 62.1 cm³/mol. The van der Waals surface area contributed by atoms with Crippen LogP contribution in [0.3, 0.4) is 0 Å². The minimum atomic E-state index is -4.72. The molecule has 1 rings (SSSR count). The van der Waals surface area contributed by atoms with Crippen LogP contribution in [0.15, 0.2) is 23.1 Å². The normalized spacial score (nSPS) is 16.2. The molecule has 0 aromatic carbocycles. The monoisotopic (exact) mass is 308 g/mol. The molecule has 0 heterocycles. The van der Waals surface area contributed by atoms with Crippen molar-refractivity contribution in [1.29, 1.82) is 0 Å². The lowest BCUT2D eigenvalue weighted by Crippen LogP contribution is -2.20. The van der Waals surface area contributed by atoms with Crippen LogP contribution >= 0.6 is 0 Å². The van der Waals surface area contributed by atoms with Crippen molar-refractivity contribution < 1.29 is 35.2 Å². The molecule has 0 aromatic heterocycles. The summed E-state index contributed by atoms with van der Waals surface area (Å²) in [5.41, 5.74) is 8.02. The predicted octanol–water partition coefficient (Wildman–Crippen LogP) is -1.09. The van der Waals surface area contributed by atoms with Crippen molar-refractivity contribution in [2.24, 2.45) is 0 Å². The number of rotatable bonds is 5. The minimum absolute atomic E-state index is 0.334. The first-order valence-corrected chi connectivity index (χ1v) is 7.68. The molecule has 104 valence electrons. The van der Waals surface area contributed by atoms with E-state index in [1.54, 1.807) is 0 Å². The van der Waals surface area contributed by atoms with Gasteiger partial charge in [0, 0.05) is 0 Å². The number of carbonyl (C=O) groups excluding carboxylic acids is 1. The lowest BCUT2D eigenvalue weighted by atomic mass is 10.1. The van der Waals surface area contributed by atoms with E-state index in [1.165, 1.54) is 0 Å². The Kier molecular flexibility index (Phi) is 4.50. The summed E-state index contributed by atoms with van der Waals surface area (Å²) in [5, 5.41) is 0. The minimum Gasteiger partial charge on any atom is -0.361 e. The largest absolute Gasteiger partial charge is 0.397 e. The molecule has 1 aliphatic carbocycles. The molecule has 0 amide bonds. The van der Waals surface area contributed by atoms with Crippen molar-refractivity contribution in [2.75, 3.05) is 12.4 Å². The number of ketones is 1. The first-order valence-electron chi connectivity index (χ1n) is 4.66. The second kappa shape index (κ2) is 5.55. The fourth-order valence-corrected chi connectivity index (χ4v) is 2.64. The average molecular weight is 308 g/mol. The van der Waals surface area contributed by atoms with Gasteiger partial charge in [-0.2, -0.15) is 13.2 Å². The molecule has 0 fully saturated rings. The van der Waals surface area contributed by atoms with Crippen molar-refractivity contribution in [3.8, 4) is 0 Å². The number of sulfone groups is 1. The second-order valence-electron chi connectivity index (χ2n) is 3.30. The maximum atomic E-state index is 11.7. The van der Waals surface area contributed by atoms with Crippen molar-refractivity contribution in [2.45, 2.75) is 0 Å². The summed E-state index contributed by atoms with van der Waals surface area (Å²) in [6, 6.07) is 0. The number of nitrogens with zero attached hydrogens (tertiary/aromatic N) is 2. The Labute approximate surface area is 108 Å². The third-order valence-electron chi connectivity index (χ3n) is 1.98. The van der Waals surface area contributed by atoms with Crippen molar-refractivity contribution in [3.05, 3.63) is 28.7 Å². The maximum Gasteiger partial charge on any atom is 0.397 e. The van der Waals surface area contributed by atoms with E-state index in [0.29, 0.717) is 0 Å². The van der Waals surface area contributed by atoms with Gasteiger partial charge in [0.25, 0.3) is 5.78 Å². The van der Waals surface area contributed by atoms with Crippen molar-refractivity contribution in [1.82, 2.24) is 0 Å². The zero-order chi connectivity index (χ0) is 14.7. The van der Waals surface area contributed by atoms with E-state index in [2.05, 4.69) is 8.97 Å². The van der Waals surface area contributed by atoms with Gasteiger partial charge in [-0.25, -0.2) is 12.6 Å². The smallest absolute Gasteiger partial charge is 0.361 e. The second-order valence-corrected chi connectivity index (χ2v) is 6.50. The van der Waals surface area contributed by atoms with Crippen LogP contribution in [0.4, 0.5) is 0 Å². The summed E-state index contributed by atoms with van der Waals surface area (Å²) in [7, 11) is -8.66. The van der Waals surface area contributed by atoms with E-state index in [-0.39, 0.29) is 4.91 Å². The van der Waals surface area contributed by atoms with Gasteiger partial charge < -0.3 is 5.53 Å². The summed E-state index contributed by atoms with van der Waals surface area (Å²) in [4.78, 5) is 13.4.